The number of Topliss-reactive ketones (excluding diaryl/α,β-unsaturated/α-hetero) is 1. The van der Waals surface area contributed by atoms with Gasteiger partial charge in [-0.3, -0.25) is 9.69 Å². The van der Waals surface area contributed by atoms with Gasteiger partial charge in [-0.05, 0) is 21.0 Å². The normalized spacial score (nSPS) is 10.8. The summed E-state index contributed by atoms with van der Waals surface area (Å²) in [5, 5.41) is 6.15. The molecule has 0 radical (unpaired) electrons. The molecule has 0 atom stereocenters. The van der Waals surface area contributed by atoms with E-state index in [0.717, 1.165) is 26.2 Å². The van der Waals surface area contributed by atoms with E-state index in [1.165, 1.54) is 0 Å². The monoisotopic (exact) mass is 187 g/mol. The Labute approximate surface area is 80.7 Å². The highest BCUT2D eigenvalue weighted by Gasteiger charge is 2.05. The SMILES string of the molecule is CNCCN(CCNC)CC(C)=O. The lowest BCUT2D eigenvalue weighted by atomic mass is 10.3. The summed E-state index contributed by atoms with van der Waals surface area (Å²) in [5.41, 5.74) is 0. The van der Waals surface area contributed by atoms with E-state index in [2.05, 4.69) is 15.5 Å². The molecule has 0 saturated heterocycles. The molecule has 0 aromatic heterocycles. The van der Waals surface area contributed by atoms with Gasteiger partial charge in [0, 0.05) is 26.2 Å². The van der Waals surface area contributed by atoms with Crippen LogP contribution >= 0.6 is 0 Å². The van der Waals surface area contributed by atoms with Crippen LogP contribution < -0.4 is 10.6 Å². The summed E-state index contributed by atoms with van der Waals surface area (Å²) in [4.78, 5) is 13.0. The molecule has 4 heteroatoms. The van der Waals surface area contributed by atoms with E-state index in [1.807, 2.05) is 14.1 Å². The van der Waals surface area contributed by atoms with Crippen molar-refractivity contribution in [2.24, 2.45) is 0 Å². The van der Waals surface area contributed by atoms with Gasteiger partial charge < -0.3 is 10.6 Å². The van der Waals surface area contributed by atoms with Crippen LogP contribution in [-0.2, 0) is 4.79 Å². The number of nitrogens with one attached hydrogen (secondary N) is 2. The Bertz CT molecular complexity index is 131. The Morgan fingerprint density at radius 3 is 1.92 bits per heavy atom. The standard InChI is InChI=1S/C9H21N3O/c1-9(13)8-12(6-4-10-2)7-5-11-3/h10-11H,4-8H2,1-3H3. The van der Waals surface area contributed by atoms with Crippen molar-refractivity contribution >= 4 is 5.78 Å². The molecule has 78 valence electrons. The number of rotatable bonds is 8. The van der Waals surface area contributed by atoms with Gasteiger partial charge in [0.15, 0.2) is 0 Å². The fraction of sp³-hybridized carbons (Fsp3) is 0.889. The summed E-state index contributed by atoms with van der Waals surface area (Å²) in [6, 6.07) is 0. The van der Waals surface area contributed by atoms with Crippen molar-refractivity contribution in [1.29, 1.82) is 0 Å². The average Bonchev–Trinajstić information content (AvgIpc) is 2.09. The third-order valence-corrected chi connectivity index (χ3v) is 1.80. The van der Waals surface area contributed by atoms with Gasteiger partial charge in [-0.25, -0.2) is 0 Å². The predicted octanol–water partition coefficient (Wildman–Crippen LogP) is -0.684. The molecule has 0 rings (SSSR count). The van der Waals surface area contributed by atoms with Crippen molar-refractivity contribution in [3.8, 4) is 0 Å². The van der Waals surface area contributed by atoms with E-state index < -0.39 is 0 Å². The van der Waals surface area contributed by atoms with Crippen LogP contribution in [0.2, 0.25) is 0 Å². The largest absolute Gasteiger partial charge is 0.318 e. The maximum absolute atomic E-state index is 10.9. The molecular formula is C9H21N3O. The molecule has 0 amide bonds. The molecule has 0 heterocycles. The van der Waals surface area contributed by atoms with Crippen LogP contribution in [0.15, 0.2) is 0 Å². The van der Waals surface area contributed by atoms with Crippen LogP contribution in [-0.4, -0.2) is 57.5 Å². The van der Waals surface area contributed by atoms with Crippen LogP contribution in [0.4, 0.5) is 0 Å². The maximum atomic E-state index is 10.9. The van der Waals surface area contributed by atoms with Crippen molar-refractivity contribution in [2.75, 3.05) is 46.8 Å². The summed E-state index contributed by atoms with van der Waals surface area (Å²) < 4.78 is 0. The van der Waals surface area contributed by atoms with Crippen molar-refractivity contribution < 1.29 is 4.79 Å². The van der Waals surface area contributed by atoms with Gasteiger partial charge >= 0.3 is 0 Å². The van der Waals surface area contributed by atoms with Gasteiger partial charge in [-0.2, -0.15) is 0 Å². The Kier molecular flexibility index (Phi) is 7.88. The Morgan fingerprint density at radius 2 is 1.62 bits per heavy atom. The summed E-state index contributed by atoms with van der Waals surface area (Å²) >= 11 is 0. The lowest BCUT2D eigenvalue weighted by Gasteiger charge is -2.20. The van der Waals surface area contributed by atoms with Gasteiger partial charge in [-0.15, -0.1) is 0 Å². The fourth-order valence-electron chi connectivity index (χ4n) is 1.12. The number of carbonyl (C=O) groups is 1. The van der Waals surface area contributed by atoms with Crippen molar-refractivity contribution in [1.82, 2.24) is 15.5 Å². The zero-order valence-corrected chi connectivity index (χ0v) is 8.89. The number of hydrogen-bond donors (Lipinski definition) is 2. The second-order valence-electron chi connectivity index (χ2n) is 3.19. The first-order chi connectivity index (χ1) is 6.20. The first-order valence-corrected chi connectivity index (χ1v) is 4.71. The Morgan fingerprint density at radius 1 is 1.15 bits per heavy atom. The Hall–Kier alpha value is -0.450. The van der Waals surface area contributed by atoms with Crippen molar-refractivity contribution in [2.45, 2.75) is 6.92 Å². The van der Waals surface area contributed by atoms with Gasteiger partial charge in [0.2, 0.25) is 0 Å². The third kappa shape index (κ3) is 7.90. The quantitative estimate of drug-likeness (QED) is 0.528. The average molecular weight is 187 g/mol. The maximum Gasteiger partial charge on any atom is 0.143 e. The number of likely N-dealkylation sites (N-methyl/N-ethyl adjacent to an activating group) is 2. The first kappa shape index (κ1) is 12.6. The molecule has 0 bridgehead atoms. The fourth-order valence-corrected chi connectivity index (χ4v) is 1.12. The molecule has 0 unspecified atom stereocenters. The molecule has 0 aromatic carbocycles. The molecule has 0 spiro atoms. The van der Waals surface area contributed by atoms with E-state index in [0.29, 0.717) is 6.54 Å². The smallest absolute Gasteiger partial charge is 0.143 e. The van der Waals surface area contributed by atoms with Crippen LogP contribution in [0.3, 0.4) is 0 Å². The second-order valence-corrected chi connectivity index (χ2v) is 3.19. The topological polar surface area (TPSA) is 44.4 Å². The van der Waals surface area contributed by atoms with Crippen LogP contribution in [0, 0.1) is 0 Å². The number of carbonyl (C=O) groups excluding carboxylic acids is 1. The lowest BCUT2D eigenvalue weighted by Crippen LogP contribution is -2.38. The van der Waals surface area contributed by atoms with Crippen molar-refractivity contribution in [3.63, 3.8) is 0 Å². The predicted molar refractivity (Wildman–Crippen MR) is 55.0 cm³/mol. The zero-order valence-electron chi connectivity index (χ0n) is 8.89. The van der Waals surface area contributed by atoms with Gasteiger partial charge in [0.1, 0.15) is 5.78 Å². The number of hydrogen-bond acceptors (Lipinski definition) is 4. The lowest BCUT2D eigenvalue weighted by molar-refractivity contribution is -0.118. The summed E-state index contributed by atoms with van der Waals surface area (Å²) in [5.74, 6) is 0.229. The van der Waals surface area contributed by atoms with E-state index >= 15 is 0 Å². The number of nitrogens with zero attached hydrogens (tertiary/aromatic N) is 1. The molecule has 0 fully saturated rings. The van der Waals surface area contributed by atoms with Crippen LogP contribution in [0.5, 0.6) is 0 Å². The molecule has 0 aliphatic carbocycles. The highest BCUT2D eigenvalue weighted by Crippen LogP contribution is 1.86. The first-order valence-electron chi connectivity index (χ1n) is 4.71. The molecule has 0 saturated carbocycles. The minimum Gasteiger partial charge on any atom is -0.318 e. The van der Waals surface area contributed by atoms with Crippen LogP contribution in [0.25, 0.3) is 0 Å². The summed E-state index contributed by atoms with van der Waals surface area (Å²) in [7, 11) is 3.84. The minimum atomic E-state index is 0.229. The minimum absolute atomic E-state index is 0.229. The molecule has 4 nitrogen and oxygen atoms in total. The number of ketones is 1. The highest BCUT2D eigenvalue weighted by atomic mass is 16.1. The van der Waals surface area contributed by atoms with Crippen LogP contribution in [0.1, 0.15) is 6.92 Å². The zero-order chi connectivity index (χ0) is 10.1. The van der Waals surface area contributed by atoms with Crippen molar-refractivity contribution in [3.05, 3.63) is 0 Å². The highest BCUT2D eigenvalue weighted by molar-refractivity contribution is 5.77. The molecule has 0 aromatic rings. The Balaban J connectivity index is 3.66. The van der Waals surface area contributed by atoms with Gasteiger partial charge in [-0.1, -0.05) is 0 Å². The molecule has 0 aliphatic rings. The van der Waals surface area contributed by atoms with E-state index in [-0.39, 0.29) is 5.78 Å². The molecular weight excluding hydrogens is 166 g/mol. The van der Waals surface area contributed by atoms with E-state index in [9.17, 15) is 4.79 Å². The molecule has 13 heavy (non-hydrogen) atoms. The van der Waals surface area contributed by atoms with Gasteiger partial charge in [0.05, 0.1) is 6.54 Å². The summed E-state index contributed by atoms with van der Waals surface area (Å²) in [6.07, 6.45) is 0. The molecule has 2 N–H and O–H groups in total. The third-order valence-electron chi connectivity index (χ3n) is 1.80. The second kappa shape index (κ2) is 8.16. The van der Waals surface area contributed by atoms with E-state index in [4.69, 9.17) is 0 Å². The summed E-state index contributed by atoms with van der Waals surface area (Å²) in [6.45, 7) is 5.90. The van der Waals surface area contributed by atoms with Gasteiger partial charge in [0.25, 0.3) is 0 Å². The van der Waals surface area contributed by atoms with E-state index in [1.54, 1.807) is 6.92 Å². The molecule has 0 aliphatic heterocycles.